The normalized spacial score (nSPS) is 18.6. The zero-order valence-electron chi connectivity index (χ0n) is 18.2. The maximum absolute atomic E-state index is 12.7. The second-order valence-electron chi connectivity index (χ2n) is 8.71. The summed E-state index contributed by atoms with van der Waals surface area (Å²) in [6.07, 6.45) is 9.91. The van der Waals surface area contributed by atoms with Crippen LogP contribution >= 0.6 is 0 Å². The van der Waals surface area contributed by atoms with Gasteiger partial charge in [0.25, 0.3) is 0 Å². The molecular weight excluding hydrogens is 348 g/mol. The van der Waals surface area contributed by atoms with Crippen molar-refractivity contribution < 1.29 is 9.53 Å². The van der Waals surface area contributed by atoms with Gasteiger partial charge in [-0.15, -0.1) is 0 Å². The molecule has 1 saturated heterocycles. The van der Waals surface area contributed by atoms with Crippen LogP contribution in [0.2, 0.25) is 0 Å². The minimum absolute atomic E-state index is 0.164. The molecule has 1 atom stereocenters. The molecule has 0 unspecified atom stereocenters. The van der Waals surface area contributed by atoms with E-state index in [1.54, 1.807) is 0 Å². The van der Waals surface area contributed by atoms with Gasteiger partial charge in [-0.1, -0.05) is 55.8 Å². The molecule has 2 rings (SSSR count). The molecule has 0 radical (unpaired) electrons. The van der Waals surface area contributed by atoms with Crippen LogP contribution in [0.3, 0.4) is 0 Å². The van der Waals surface area contributed by atoms with Crippen LogP contribution in [0.5, 0.6) is 0 Å². The number of allylic oxidation sites excluding steroid dienone is 2. The van der Waals surface area contributed by atoms with Crippen LogP contribution in [-0.4, -0.2) is 47.2 Å². The summed E-state index contributed by atoms with van der Waals surface area (Å²) in [6, 6.07) is 10.8. The van der Waals surface area contributed by atoms with E-state index < -0.39 is 5.60 Å². The molecule has 4 nitrogen and oxygen atoms in total. The predicted octanol–water partition coefficient (Wildman–Crippen LogP) is 5.63. The Labute approximate surface area is 171 Å². The standard InChI is InChI=1S/C24H38N2O2/c1-5-6-7-8-9-13-16-22-20-25(19-21-14-11-10-12-15-21)17-18-26(22)23(27)28-24(2,3)4/h6-7,10-12,14-15,22H,5,8-9,13,16-20H2,1-4H3/b7-6+/t22-/m0/s1. The Hall–Kier alpha value is -1.81. The van der Waals surface area contributed by atoms with Crippen LogP contribution in [0.1, 0.15) is 65.4 Å². The Kier molecular flexibility index (Phi) is 9.04. The Balaban J connectivity index is 1.95. The number of hydrogen-bond acceptors (Lipinski definition) is 3. The van der Waals surface area contributed by atoms with Crippen LogP contribution in [0.4, 0.5) is 4.79 Å². The van der Waals surface area contributed by atoms with Gasteiger partial charge < -0.3 is 9.64 Å². The molecule has 0 aromatic heterocycles. The highest BCUT2D eigenvalue weighted by atomic mass is 16.6. The average molecular weight is 387 g/mol. The number of hydrogen-bond donors (Lipinski definition) is 0. The Morgan fingerprint density at radius 3 is 2.57 bits per heavy atom. The third-order valence-electron chi connectivity index (χ3n) is 5.00. The van der Waals surface area contributed by atoms with Crippen molar-refractivity contribution >= 4 is 6.09 Å². The monoisotopic (exact) mass is 386 g/mol. The van der Waals surface area contributed by atoms with E-state index in [1.165, 1.54) is 12.0 Å². The Morgan fingerprint density at radius 2 is 1.89 bits per heavy atom. The number of ether oxygens (including phenoxy) is 1. The smallest absolute Gasteiger partial charge is 0.410 e. The largest absolute Gasteiger partial charge is 0.444 e. The number of unbranched alkanes of at least 4 members (excludes halogenated alkanes) is 2. The molecule has 1 aromatic rings. The fourth-order valence-corrected chi connectivity index (χ4v) is 3.64. The fourth-order valence-electron chi connectivity index (χ4n) is 3.64. The van der Waals surface area contributed by atoms with Crippen molar-refractivity contribution in [3.05, 3.63) is 48.0 Å². The topological polar surface area (TPSA) is 32.8 Å². The second kappa shape index (κ2) is 11.3. The van der Waals surface area contributed by atoms with E-state index >= 15 is 0 Å². The molecule has 0 aliphatic carbocycles. The lowest BCUT2D eigenvalue weighted by Crippen LogP contribution is -2.55. The minimum Gasteiger partial charge on any atom is -0.444 e. The molecule has 0 spiro atoms. The Bertz CT molecular complexity index is 607. The summed E-state index contributed by atoms with van der Waals surface area (Å²) in [5, 5.41) is 0. The van der Waals surface area contributed by atoms with Gasteiger partial charge in [0, 0.05) is 32.2 Å². The van der Waals surface area contributed by atoms with Gasteiger partial charge in [-0.25, -0.2) is 4.79 Å². The summed E-state index contributed by atoms with van der Waals surface area (Å²) >= 11 is 0. The SMILES string of the molecule is CC/C=C/CCCC[C@H]1CN(Cc2ccccc2)CCN1C(=O)OC(C)(C)C. The van der Waals surface area contributed by atoms with E-state index in [1.807, 2.05) is 25.7 Å². The van der Waals surface area contributed by atoms with Gasteiger partial charge in [-0.2, -0.15) is 0 Å². The van der Waals surface area contributed by atoms with E-state index in [0.29, 0.717) is 0 Å². The van der Waals surface area contributed by atoms with Crippen LogP contribution < -0.4 is 0 Å². The molecule has 156 valence electrons. The predicted molar refractivity (Wildman–Crippen MR) is 116 cm³/mol. The number of amides is 1. The van der Waals surface area contributed by atoms with Crippen molar-refractivity contribution in [2.75, 3.05) is 19.6 Å². The molecule has 1 heterocycles. The molecule has 1 amide bonds. The summed E-state index contributed by atoms with van der Waals surface area (Å²) < 4.78 is 5.68. The molecular formula is C24H38N2O2. The van der Waals surface area contributed by atoms with Crippen molar-refractivity contribution in [3.8, 4) is 0 Å². The number of nitrogens with zero attached hydrogens (tertiary/aromatic N) is 2. The molecule has 1 aromatic carbocycles. The van der Waals surface area contributed by atoms with Crippen molar-refractivity contribution in [1.29, 1.82) is 0 Å². The quantitative estimate of drug-likeness (QED) is 0.428. The summed E-state index contributed by atoms with van der Waals surface area (Å²) in [5.74, 6) is 0. The van der Waals surface area contributed by atoms with E-state index in [2.05, 4.69) is 54.3 Å². The third kappa shape index (κ3) is 8.05. The van der Waals surface area contributed by atoms with Crippen LogP contribution in [-0.2, 0) is 11.3 Å². The van der Waals surface area contributed by atoms with Crippen molar-refractivity contribution in [3.63, 3.8) is 0 Å². The Morgan fingerprint density at radius 1 is 1.14 bits per heavy atom. The van der Waals surface area contributed by atoms with Gasteiger partial charge in [0.1, 0.15) is 5.60 Å². The van der Waals surface area contributed by atoms with Crippen molar-refractivity contribution in [2.45, 2.75) is 78.0 Å². The molecule has 0 N–H and O–H groups in total. The van der Waals surface area contributed by atoms with Gasteiger partial charge in [0.05, 0.1) is 0 Å². The average Bonchev–Trinajstić information content (AvgIpc) is 2.64. The number of piperazine rings is 1. The van der Waals surface area contributed by atoms with Crippen LogP contribution in [0.15, 0.2) is 42.5 Å². The van der Waals surface area contributed by atoms with Gasteiger partial charge in [-0.3, -0.25) is 4.90 Å². The van der Waals surface area contributed by atoms with Crippen molar-refractivity contribution in [1.82, 2.24) is 9.80 Å². The highest BCUT2D eigenvalue weighted by Crippen LogP contribution is 2.21. The summed E-state index contributed by atoms with van der Waals surface area (Å²) in [4.78, 5) is 17.2. The van der Waals surface area contributed by atoms with Gasteiger partial charge >= 0.3 is 6.09 Å². The van der Waals surface area contributed by atoms with Gasteiger partial charge in [0.15, 0.2) is 0 Å². The number of benzene rings is 1. The zero-order valence-corrected chi connectivity index (χ0v) is 18.2. The highest BCUT2D eigenvalue weighted by molar-refractivity contribution is 5.68. The third-order valence-corrected chi connectivity index (χ3v) is 5.00. The number of rotatable bonds is 8. The summed E-state index contributed by atoms with van der Waals surface area (Å²) in [5.41, 5.74) is 0.880. The first kappa shape index (κ1) is 22.5. The van der Waals surface area contributed by atoms with Crippen LogP contribution in [0.25, 0.3) is 0 Å². The maximum Gasteiger partial charge on any atom is 0.410 e. The lowest BCUT2D eigenvalue weighted by atomic mass is 10.0. The lowest BCUT2D eigenvalue weighted by molar-refractivity contribution is -0.00412. The number of carbonyl (C=O) groups is 1. The fraction of sp³-hybridized carbons (Fsp3) is 0.625. The first-order valence-corrected chi connectivity index (χ1v) is 10.8. The maximum atomic E-state index is 12.7. The first-order valence-electron chi connectivity index (χ1n) is 10.8. The van der Waals surface area contributed by atoms with Gasteiger partial charge in [0.2, 0.25) is 0 Å². The van der Waals surface area contributed by atoms with E-state index in [9.17, 15) is 4.79 Å². The molecule has 1 aliphatic rings. The van der Waals surface area contributed by atoms with Crippen LogP contribution in [0, 0.1) is 0 Å². The van der Waals surface area contributed by atoms with E-state index in [-0.39, 0.29) is 12.1 Å². The highest BCUT2D eigenvalue weighted by Gasteiger charge is 2.32. The van der Waals surface area contributed by atoms with Crippen molar-refractivity contribution in [2.24, 2.45) is 0 Å². The minimum atomic E-state index is -0.451. The first-order chi connectivity index (χ1) is 13.4. The summed E-state index contributed by atoms with van der Waals surface area (Å²) in [6.45, 7) is 11.5. The molecule has 1 aliphatic heterocycles. The summed E-state index contributed by atoms with van der Waals surface area (Å²) in [7, 11) is 0. The zero-order chi connectivity index (χ0) is 20.4. The lowest BCUT2D eigenvalue weighted by Gasteiger charge is -2.42. The van der Waals surface area contributed by atoms with E-state index in [0.717, 1.165) is 51.9 Å². The molecule has 0 saturated carbocycles. The van der Waals surface area contributed by atoms with Gasteiger partial charge in [-0.05, 0) is 52.0 Å². The molecule has 1 fully saturated rings. The molecule has 28 heavy (non-hydrogen) atoms. The second-order valence-corrected chi connectivity index (χ2v) is 8.71. The van der Waals surface area contributed by atoms with E-state index in [4.69, 9.17) is 4.74 Å². The molecule has 4 heteroatoms. The molecule has 0 bridgehead atoms. The number of carbonyl (C=O) groups excluding carboxylic acids is 1.